The lowest BCUT2D eigenvalue weighted by molar-refractivity contribution is -0.397. The van der Waals surface area contributed by atoms with Crippen molar-refractivity contribution in [1.82, 2.24) is 0 Å². The molecule has 0 aromatic heterocycles. The Labute approximate surface area is 100 Å². The highest BCUT2D eigenvalue weighted by molar-refractivity contribution is 5.42. The molecule has 2 heterocycles. The third-order valence-electron chi connectivity index (χ3n) is 3.53. The summed E-state index contributed by atoms with van der Waals surface area (Å²) < 4.78 is 23.0. The SMILES string of the molecule is CC1(C)OC2(Oc3ccccc3O2)OC1(C)C. The van der Waals surface area contributed by atoms with Crippen molar-refractivity contribution in [2.75, 3.05) is 0 Å². The topological polar surface area (TPSA) is 36.9 Å². The van der Waals surface area contributed by atoms with Crippen molar-refractivity contribution in [2.24, 2.45) is 0 Å². The van der Waals surface area contributed by atoms with E-state index < -0.39 is 17.4 Å². The average Bonchev–Trinajstić information content (AvgIpc) is 2.59. The molecule has 1 saturated heterocycles. The molecular weight excluding hydrogens is 220 g/mol. The van der Waals surface area contributed by atoms with Gasteiger partial charge in [0.1, 0.15) is 11.2 Å². The molecule has 0 unspecified atom stereocenters. The Morgan fingerprint density at radius 3 is 1.59 bits per heavy atom. The molecule has 0 saturated carbocycles. The Hall–Kier alpha value is -1.26. The number of benzene rings is 1. The summed E-state index contributed by atoms with van der Waals surface area (Å²) in [6, 6.07) is 7.42. The predicted octanol–water partition coefficient (Wildman–Crippen LogP) is 2.67. The summed E-state index contributed by atoms with van der Waals surface area (Å²) in [5, 5.41) is 0. The number of fused-ring (bicyclic) bond motifs is 1. The van der Waals surface area contributed by atoms with Crippen LogP contribution in [0.3, 0.4) is 0 Å². The molecule has 4 nitrogen and oxygen atoms in total. The molecule has 17 heavy (non-hydrogen) atoms. The van der Waals surface area contributed by atoms with Gasteiger partial charge in [0.2, 0.25) is 0 Å². The Morgan fingerprint density at radius 2 is 1.18 bits per heavy atom. The molecule has 92 valence electrons. The highest BCUT2D eigenvalue weighted by Crippen LogP contribution is 2.50. The largest absolute Gasteiger partial charge is 0.511 e. The van der Waals surface area contributed by atoms with E-state index >= 15 is 0 Å². The van der Waals surface area contributed by atoms with Crippen LogP contribution in [-0.4, -0.2) is 17.4 Å². The average molecular weight is 236 g/mol. The fourth-order valence-electron chi connectivity index (χ4n) is 1.88. The van der Waals surface area contributed by atoms with Gasteiger partial charge in [-0.05, 0) is 39.8 Å². The maximum atomic E-state index is 5.83. The van der Waals surface area contributed by atoms with Crippen LogP contribution < -0.4 is 9.47 Å². The van der Waals surface area contributed by atoms with Crippen LogP contribution in [0.4, 0.5) is 0 Å². The van der Waals surface area contributed by atoms with Gasteiger partial charge < -0.3 is 9.47 Å². The molecule has 0 bridgehead atoms. The zero-order valence-electron chi connectivity index (χ0n) is 10.4. The monoisotopic (exact) mass is 236 g/mol. The molecule has 1 aromatic rings. The first-order valence-electron chi connectivity index (χ1n) is 5.71. The molecule has 2 aliphatic heterocycles. The summed E-state index contributed by atoms with van der Waals surface area (Å²) in [6.07, 6.45) is -1.43. The van der Waals surface area contributed by atoms with Crippen molar-refractivity contribution in [3.63, 3.8) is 0 Å². The summed E-state index contributed by atoms with van der Waals surface area (Å²) in [6.45, 7) is 7.82. The van der Waals surface area contributed by atoms with Crippen molar-refractivity contribution < 1.29 is 18.9 Å². The van der Waals surface area contributed by atoms with E-state index in [4.69, 9.17) is 18.9 Å². The lowest BCUT2D eigenvalue weighted by Crippen LogP contribution is -2.41. The lowest BCUT2D eigenvalue weighted by Gasteiger charge is -2.28. The summed E-state index contributed by atoms with van der Waals surface area (Å²) in [5.41, 5.74) is -0.982. The Kier molecular flexibility index (Phi) is 1.88. The first kappa shape index (κ1) is 10.9. The molecule has 4 heteroatoms. The van der Waals surface area contributed by atoms with Crippen LogP contribution in [0, 0.1) is 0 Å². The quantitative estimate of drug-likeness (QED) is 0.694. The van der Waals surface area contributed by atoms with Gasteiger partial charge in [0.15, 0.2) is 11.5 Å². The molecule has 0 N–H and O–H groups in total. The van der Waals surface area contributed by atoms with Crippen molar-refractivity contribution in [3.8, 4) is 11.5 Å². The van der Waals surface area contributed by atoms with Gasteiger partial charge in [0, 0.05) is 0 Å². The van der Waals surface area contributed by atoms with E-state index in [2.05, 4.69) is 0 Å². The Morgan fingerprint density at radius 1 is 0.765 bits per heavy atom. The Bertz CT molecular complexity index is 421. The predicted molar refractivity (Wildman–Crippen MR) is 60.8 cm³/mol. The molecule has 0 aliphatic carbocycles. The van der Waals surface area contributed by atoms with Gasteiger partial charge in [-0.25, -0.2) is 0 Å². The van der Waals surface area contributed by atoms with Gasteiger partial charge in [-0.15, -0.1) is 0 Å². The van der Waals surface area contributed by atoms with Crippen LogP contribution in [-0.2, 0) is 9.47 Å². The molecular formula is C13H16O4. The number of para-hydroxylation sites is 2. The molecule has 2 aliphatic rings. The first-order valence-corrected chi connectivity index (χ1v) is 5.71. The second-order valence-electron chi connectivity index (χ2n) is 5.38. The van der Waals surface area contributed by atoms with Crippen molar-refractivity contribution >= 4 is 0 Å². The fraction of sp³-hybridized carbons (Fsp3) is 0.538. The minimum atomic E-state index is -1.43. The van der Waals surface area contributed by atoms with Crippen molar-refractivity contribution in [3.05, 3.63) is 24.3 Å². The van der Waals surface area contributed by atoms with Crippen LogP contribution >= 0.6 is 0 Å². The van der Waals surface area contributed by atoms with E-state index in [1.807, 2.05) is 52.0 Å². The van der Waals surface area contributed by atoms with E-state index in [0.717, 1.165) is 0 Å². The molecule has 0 amide bonds. The summed E-state index contributed by atoms with van der Waals surface area (Å²) >= 11 is 0. The van der Waals surface area contributed by atoms with Gasteiger partial charge in [-0.3, -0.25) is 9.47 Å². The number of ether oxygens (including phenoxy) is 4. The van der Waals surface area contributed by atoms with Crippen molar-refractivity contribution in [1.29, 1.82) is 0 Å². The van der Waals surface area contributed by atoms with Crippen LogP contribution in [0.2, 0.25) is 0 Å². The van der Waals surface area contributed by atoms with Crippen LogP contribution in [0.25, 0.3) is 0 Å². The zero-order chi connectivity index (χ0) is 12.3. The van der Waals surface area contributed by atoms with E-state index in [1.165, 1.54) is 0 Å². The summed E-state index contributed by atoms with van der Waals surface area (Å²) in [5.74, 6) is 1.28. The third kappa shape index (κ3) is 1.44. The normalized spacial score (nSPS) is 26.4. The first-order chi connectivity index (χ1) is 7.84. The van der Waals surface area contributed by atoms with E-state index in [0.29, 0.717) is 11.5 Å². The van der Waals surface area contributed by atoms with Crippen LogP contribution in [0.1, 0.15) is 27.7 Å². The number of hydrogen-bond acceptors (Lipinski definition) is 4. The van der Waals surface area contributed by atoms with Crippen LogP contribution in [0.5, 0.6) is 11.5 Å². The molecule has 3 rings (SSSR count). The Balaban J connectivity index is 1.95. The highest BCUT2D eigenvalue weighted by Gasteiger charge is 2.64. The standard InChI is InChI=1S/C13H16O4/c1-11(2)12(3,4)17-13(16-11)14-9-7-5-6-8-10(9)15-13/h5-8H,1-4H3. The maximum absolute atomic E-state index is 5.83. The van der Waals surface area contributed by atoms with Gasteiger partial charge in [-0.2, -0.15) is 0 Å². The second kappa shape index (κ2) is 2.94. The van der Waals surface area contributed by atoms with Gasteiger partial charge in [0.05, 0.1) is 0 Å². The van der Waals surface area contributed by atoms with Gasteiger partial charge in [0.25, 0.3) is 0 Å². The summed E-state index contributed by atoms with van der Waals surface area (Å²) in [7, 11) is 0. The maximum Gasteiger partial charge on any atom is 0.511 e. The second-order valence-corrected chi connectivity index (χ2v) is 5.38. The van der Waals surface area contributed by atoms with Gasteiger partial charge in [-0.1, -0.05) is 12.1 Å². The highest BCUT2D eigenvalue weighted by atomic mass is 17.1. The van der Waals surface area contributed by atoms with E-state index in [1.54, 1.807) is 0 Å². The van der Waals surface area contributed by atoms with Gasteiger partial charge >= 0.3 is 6.16 Å². The molecule has 1 fully saturated rings. The molecule has 0 atom stereocenters. The third-order valence-corrected chi connectivity index (χ3v) is 3.53. The van der Waals surface area contributed by atoms with Crippen molar-refractivity contribution in [2.45, 2.75) is 45.1 Å². The van der Waals surface area contributed by atoms with E-state index in [9.17, 15) is 0 Å². The summed E-state index contributed by atoms with van der Waals surface area (Å²) in [4.78, 5) is 0. The smallest absolute Gasteiger partial charge is 0.403 e. The minimum Gasteiger partial charge on any atom is -0.403 e. The number of rotatable bonds is 0. The minimum absolute atomic E-state index is 0.491. The molecule has 1 aromatic carbocycles. The molecule has 0 radical (unpaired) electrons. The molecule has 1 spiro atoms. The number of hydrogen-bond donors (Lipinski definition) is 0. The van der Waals surface area contributed by atoms with E-state index in [-0.39, 0.29) is 0 Å². The zero-order valence-corrected chi connectivity index (χ0v) is 10.4. The van der Waals surface area contributed by atoms with Crippen LogP contribution in [0.15, 0.2) is 24.3 Å². The fourth-order valence-corrected chi connectivity index (χ4v) is 1.88. The lowest BCUT2D eigenvalue weighted by atomic mass is 9.90.